The van der Waals surface area contributed by atoms with Crippen LogP contribution in [0, 0.1) is 5.92 Å². The lowest BCUT2D eigenvalue weighted by Gasteiger charge is -2.13. The van der Waals surface area contributed by atoms with Gasteiger partial charge in [-0.1, -0.05) is 56.3 Å². The molecular formula is C27H30N2O4. The Bertz CT molecular complexity index is 1080. The summed E-state index contributed by atoms with van der Waals surface area (Å²) in [5, 5.41) is 5.83. The maximum Gasteiger partial charge on any atom is 0.251 e. The lowest BCUT2D eigenvalue weighted by Crippen LogP contribution is -2.23. The van der Waals surface area contributed by atoms with E-state index in [1.54, 1.807) is 25.3 Å². The molecule has 6 heteroatoms. The van der Waals surface area contributed by atoms with Gasteiger partial charge in [-0.15, -0.1) is 0 Å². The first-order valence-corrected chi connectivity index (χ1v) is 11.0. The number of carbonyl (C=O) groups excluding carboxylic acids is 2. The Balaban J connectivity index is 1.60. The van der Waals surface area contributed by atoms with E-state index >= 15 is 0 Å². The summed E-state index contributed by atoms with van der Waals surface area (Å²) in [6, 6.07) is 22.4. The number of carbonyl (C=O) groups is 2. The standard InChI is InChI=1S/C27H30N2O4/c1-4-19(2)26(30)29-23-12-8-11-21(15-23)17-28-27(31)22-13-14-24(25(16-22)32-3)33-18-20-9-6-5-7-10-20/h5-16,19H,4,17-18H2,1-3H3,(H,28,31)(H,29,30). The maximum absolute atomic E-state index is 12.7. The number of rotatable bonds is 10. The molecule has 0 aromatic heterocycles. The van der Waals surface area contributed by atoms with E-state index in [4.69, 9.17) is 9.47 Å². The molecular weight excluding hydrogens is 416 g/mol. The Hall–Kier alpha value is -3.80. The second-order valence-electron chi connectivity index (χ2n) is 7.82. The van der Waals surface area contributed by atoms with Gasteiger partial charge in [-0.2, -0.15) is 0 Å². The van der Waals surface area contributed by atoms with Crippen LogP contribution in [0.5, 0.6) is 11.5 Å². The topological polar surface area (TPSA) is 76.7 Å². The molecule has 0 spiro atoms. The third-order valence-corrected chi connectivity index (χ3v) is 5.37. The largest absolute Gasteiger partial charge is 0.493 e. The summed E-state index contributed by atoms with van der Waals surface area (Å²) in [5.74, 6) is 0.774. The molecule has 3 rings (SSSR count). The quantitative estimate of drug-likeness (QED) is 0.449. The van der Waals surface area contributed by atoms with Crippen LogP contribution in [0.15, 0.2) is 72.8 Å². The molecule has 0 aliphatic rings. The van der Waals surface area contributed by atoms with Gasteiger partial charge >= 0.3 is 0 Å². The molecule has 6 nitrogen and oxygen atoms in total. The molecule has 1 atom stereocenters. The van der Waals surface area contributed by atoms with Crippen LogP contribution >= 0.6 is 0 Å². The summed E-state index contributed by atoms with van der Waals surface area (Å²) >= 11 is 0. The molecule has 0 heterocycles. The van der Waals surface area contributed by atoms with Crippen molar-refractivity contribution in [3.63, 3.8) is 0 Å². The zero-order valence-corrected chi connectivity index (χ0v) is 19.3. The Kier molecular flexibility index (Phi) is 8.47. The van der Waals surface area contributed by atoms with Crippen LogP contribution < -0.4 is 20.1 Å². The summed E-state index contributed by atoms with van der Waals surface area (Å²) in [7, 11) is 1.55. The van der Waals surface area contributed by atoms with Gasteiger partial charge in [0.1, 0.15) is 6.61 Å². The van der Waals surface area contributed by atoms with Gasteiger partial charge in [0.15, 0.2) is 11.5 Å². The second-order valence-corrected chi connectivity index (χ2v) is 7.82. The van der Waals surface area contributed by atoms with E-state index in [2.05, 4.69) is 10.6 Å². The highest BCUT2D eigenvalue weighted by atomic mass is 16.5. The highest BCUT2D eigenvalue weighted by Crippen LogP contribution is 2.29. The molecule has 0 fully saturated rings. The first-order valence-electron chi connectivity index (χ1n) is 11.0. The minimum Gasteiger partial charge on any atom is -0.493 e. The molecule has 172 valence electrons. The van der Waals surface area contributed by atoms with Gasteiger partial charge < -0.3 is 20.1 Å². The van der Waals surface area contributed by atoms with Gasteiger partial charge in [-0.25, -0.2) is 0 Å². The fourth-order valence-electron chi connectivity index (χ4n) is 3.16. The van der Waals surface area contributed by atoms with E-state index in [1.165, 1.54) is 0 Å². The van der Waals surface area contributed by atoms with E-state index in [9.17, 15) is 9.59 Å². The van der Waals surface area contributed by atoms with Crippen LogP contribution in [0.2, 0.25) is 0 Å². The number of methoxy groups -OCH3 is 1. The Morgan fingerprint density at radius 2 is 1.67 bits per heavy atom. The summed E-state index contributed by atoms with van der Waals surface area (Å²) in [4.78, 5) is 24.8. The number of hydrogen-bond acceptors (Lipinski definition) is 4. The van der Waals surface area contributed by atoms with Crippen molar-refractivity contribution in [3.8, 4) is 11.5 Å². The van der Waals surface area contributed by atoms with Gasteiger partial charge in [0.05, 0.1) is 7.11 Å². The van der Waals surface area contributed by atoms with Crippen LogP contribution in [-0.4, -0.2) is 18.9 Å². The van der Waals surface area contributed by atoms with Crippen LogP contribution in [-0.2, 0) is 17.9 Å². The Morgan fingerprint density at radius 3 is 2.39 bits per heavy atom. The minimum absolute atomic E-state index is 0.0136. The van der Waals surface area contributed by atoms with E-state index in [0.717, 1.165) is 17.5 Å². The highest BCUT2D eigenvalue weighted by Gasteiger charge is 2.13. The molecule has 0 saturated heterocycles. The molecule has 0 aliphatic carbocycles. The summed E-state index contributed by atoms with van der Waals surface area (Å²) < 4.78 is 11.3. The Labute approximate surface area is 194 Å². The van der Waals surface area contributed by atoms with Crippen LogP contribution in [0.1, 0.15) is 41.8 Å². The molecule has 2 N–H and O–H groups in total. The molecule has 0 bridgehead atoms. The average Bonchev–Trinajstić information content (AvgIpc) is 2.86. The summed E-state index contributed by atoms with van der Waals surface area (Å²) in [6.45, 7) is 4.62. The molecule has 0 saturated carbocycles. The van der Waals surface area contributed by atoms with Gasteiger partial charge in [-0.05, 0) is 47.9 Å². The summed E-state index contributed by atoms with van der Waals surface area (Å²) in [6.07, 6.45) is 0.779. The van der Waals surface area contributed by atoms with Crippen LogP contribution in [0.3, 0.4) is 0 Å². The number of ether oxygens (including phenoxy) is 2. The zero-order chi connectivity index (χ0) is 23.6. The lowest BCUT2D eigenvalue weighted by molar-refractivity contribution is -0.119. The smallest absolute Gasteiger partial charge is 0.251 e. The van der Waals surface area contributed by atoms with E-state index < -0.39 is 0 Å². The zero-order valence-electron chi connectivity index (χ0n) is 19.3. The van der Waals surface area contributed by atoms with Crippen LogP contribution in [0.4, 0.5) is 5.69 Å². The number of hydrogen-bond donors (Lipinski definition) is 2. The Morgan fingerprint density at radius 1 is 0.909 bits per heavy atom. The first-order chi connectivity index (χ1) is 16.0. The second kappa shape index (κ2) is 11.7. The lowest BCUT2D eigenvalue weighted by atomic mass is 10.1. The van der Waals surface area contributed by atoms with Crippen molar-refractivity contribution in [2.45, 2.75) is 33.4 Å². The average molecular weight is 447 g/mol. The first kappa shape index (κ1) is 23.9. The summed E-state index contributed by atoms with van der Waals surface area (Å²) in [5.41, 5.74) is 3.12. The predicted octanol–water partition coefficient (Wildman–Crippen LogP) is 5.19. The molecule has 0 radical (unpaired) electrons. The highest BCUT2D eigenvalue weighted by molar-refractivity contribution is 5.95. The fourth-order valence-corrected chi connectivity index (χ4v) is 3.16. The molecule has 33 heavy (non-hydrogen) atoms. The van der Waals surface area contributed by atoms with E-state index in [0.29, 0.717) is 35.9 Å². The SMILES string of the molecule is CCC(C)C(=O)Nc1cccc(CNC(=O)c2ccc(OCc3ccccc3)c(OC)c2)c1. The molecule has 3 aromatic carbocycles. The fraction of sp³-hybridized carbons (Fsp3) is 0.259. The number of amides is 2. The predicted molar refractivity (Wildman–Crippen MR) is 129 cm³/mol. The number of benzene rings is 3. The third kappa shape index (κ3) is 6.84. The maximum atomic E-state index is 12.7. The van der Waals surface area contributed by atoms with Crippen molar-refractivity contribution >= 4 is 17.5 Å². The van der Waals surface area contributed by atoms with E-state index in [1.807, 2.05) is 68.4 Å². The van der Waals surface area contributed by atoms with Gasteiger partial charge in [0.25, 0.3) is 5.91 Å². The van der Waals surface area contributed by atoms with Crippen molar-refractivity contribution in [3.05, 3.63) is 89.5 Å². The van der Waals surface area contributed by atoms with Gasteiger partial charge in [0, 0.05) is 23.7 Å². The van der Waals surface area contributed by atoms with E-state index in [-0.39, 0.29) is 17.7 Å². The number of nitrogens with one attached hydrogen (secondary N) is 2. The molecule has 1 unspecified atom stereocenters. The monoisotopic (exact) mass is 446 g/mol. The van der Waals surface area contributed by atoms with Crippen molar-refractivity contribution < 1.29 is 19.1 Å². The third-order valence-electron chi connectivity index (χ3n) is 5.37. The molecule has 2 amide bonds. The normalized spacial score (nSPS) is 11.4. The number of anilines is 1. The van der Waals surface area contributed by atoms with Gasteiger partial charge in [-0.3, -0.25) is 9.59 Å². The minimum atomic E-state index is -0.225. The van der Waals surface area contributed by atoms with Crippen molar-refractivity contribution in [1.29, 1.82) is 0 Å². The van der Waals surface area contributed by atoms with Crippen LogP contribution in [0.25, 0.3) is 0 Å². The van der Waals surface area contributed by atoms with Crippen molar-refractivity contribution in [2.75, 3.05) is 12.4 Å². The van der Waals surface area contributed by atoms with Crippen molar-refractivity contribution in [1.82, 2.24) is 5.32 Å². The van der Waals surface area contributed by atoms with Gasteiger partial charge in [0.2, 0.25) is 5.91 Å². The molecule has 3 aromatic rings. The van der Waals surface area contributed by atoms with Crippen molar-refractivity contribution in [2.24, 2.45) is 5.92 Å². The molecule has 0 aliphatic heterocycles.